The first-order chi connectivity index (χ1) is 10.7. The van der Waals surface area contributed by atoms with E-state index in [0.717, 1.165) is 50.1 Å². The molecule has 1 N–H and O–H groups in total. The standard InChI is InChI=1S/C17H24ClN3O/c1-19-17(20-10-7-14-8-11-22-12-9-14)21(2)13-15-3-5-16(18)6-4-15/h3-6,8H,7,9-13H2,1-2H3,(H,19,20). The van der Waals surface area contributed by atoms with Crippen molar-refractivity contribution in [3.8, 4) is 0 Å². The highest BCUT2D eigenvalue weighted by atomic mass is 35.5. The molecule has 0 fully saturated rings. The van der Waals surface area contributed by atoms with Crippen LogP contribution in [0.5, 0.6) is 0 Å². The first kappa shape index (κ1) is 16.8. The van der Waals surface area contributed by atoms with Crippen LogP contribution >= 0.6 is 11.6 Å². The van der Waals surface area contributed by atoms with Gasteiger partial charge in [-0.25, -0.2) is 0 Å². The van der Waals surface area contributed by atoms with Gasteiger partial charge in [-0.3, -0.25) is 4.99 Å². The van der Waals surface area contributed by atoms with Crippen LogP contribution < -0.4 is 5.32 Å². The molecule has 0 saturated heterocycles. The normalized spacial score (nSPS) is 15.4. The average Bonchev–Trinajstić information content (AvgIpc) is 2.54. The molecule has 0 aliphatic carbocycles. The Morgan fingerprint density at radius 1 is 1.36 bits per heavy atom. The topological polar surface area (TPSA) is 36.9 Å². The van der Waals surface area contributed by atoms with Crippen LogP contribution in [0.1, 0.15) is 18.4 Å². The molecule has 1 aliphatic heterocycles. The molecule has 2 rings (SSSR count). The van der Waals surface area contributed by atoms with E-state index >= 15 is 0 Å². The van der Waals surface area contributed by atoms with Crippen LogP contribution in [0.25, 0.3) is 0 Å². The molecule has 0 aromatic heterocycles. The van der Waals surface area contributed by atoms with E-state index in [1.54, 1.807) is 0 Å². The van der Waals surface area contributed by atoms with Crippen molar-refractivity contribution in [3.63, 3.8) is 0 Å². The fourth-order valence-corrected chi connectivity index (χ4v) is 2.58. The van der Waals surface area contributed by atoms with Crippen molar-refractivity contribution in [2.24, 2.45) is 4.99 Å². The first-order valence-corrected chi connectivity index (χ1v) is 7.98. The van der Waals surface area contributed by atoms with E-state index in [-0.39, 0.29) is 0 Å². The SMILES string of the molecule is CN=C(NCCC1=CCOCC1)N(C)Cc1ccc(Cl)cc1. The molecule has 0 atom stereocenters. The predicted molar refractivity (Wildman–Crippen MR) is 92.4 cm³/mol. The van der Waals surface area contributed by atoms with Crippen molar-refractivity contribution in [3.05, 3.63) is 46.5 Å². The van der Waals surface area contributed by atoms with Gasteiger partial charge in [0.15, 0.2) is 5.96 Å². The van der Waals surface area contributed by atoms with Crippen LogP contribution in [0.2, 0.25) is 5.02 Å². The second-order valence-corrected chi connectivity index (χ2v) is 5.83. The molecular weight excluding hydrogens is 298 g/mol. The highest BCUT2D eigenvalue weighted by molar-refractivity contribution is 6.30. The largest absolute Gasteiger partial charge is 0.377 e. The lowest BCUT2D eigenvalue weighted by Gasteiger charge is -2.23. The summed E-state index contributed by atoms with van der Waals surface area (Å²) in [5.74, 6) is 0.905. The van der Waals surface area contributed by atoms with Crippen molar-refractivity contribution in [2.45, 2.75) is 19.4 Å². The minimum absolute atomic E-state index is 0.751. The summed E-state index contributed by atoms with van der Waals surface area (Å²) in [4.78, 5) is 6.46. The number of ether oxygens (including phenoxy) is 1. The van der Waals surface area contributed by atoms with Crippen molar-refractivity contribution < 1.29 is 4.74 Å². The van der Waals surface area contributed by atoms with Gasteiger partial charge in [-0.1, -0.05) is 35.4 Å². The van der Waals surface area contributed by atoms with Gasteiger partial charge < -0.3 is 15.0 Å². The van der Waals surface area contributed by atoms with Crippen LogP contribution in [0.3, 0.4) is 0 Å². The van der Waals surface area contributed by atoms with Gasteiger partial charge in [0, 0.05) is 32.2 Å². The van der Waals surface area contributed by atoms with Gasteiger partial charge >= 0.3 is 0 Å². The van der Waals surface area contributed by atoms with Crippen molar-refractivity contribution in [1.82, 2.24) is 10.2 Å². The summed E-state index contributed by atoms with van der Waals surface area (Å²) in [5.41, 5.74) is 2.68. The zero-order valence-corrected chi connectivity index (χ0v) is 14.1. The summed E-state index contributed by atoms with van der Waals surface area (Å²) in [6.07, 6.45) is 4.27. The van der Waals surface area contributed by atoms with Crippen LogP contribution in [-0.4, -0.2) is 44.7 Å². The summed E-state index contributed by atoms with van der Waals surface area (Å²) in [6, 6.07) is 7.91. The maximum absolute atomic E-state index is 5.92. The Hall–Kier alpha value is -1.52. The van der Waals surface area contributed by atoms with Crippen LogP contribution in [0.4, 0.5) is 0 Å². The van der Waals surface area contributed by atoms with E-state index in [4.69, 9.17) is 16.3 Å². The lowest BCUT2D eigenvalue weighted by atomic mass is 10.1. The van der Waals surface area contributed by atoms with Gasteiger partial charge in [-0.05, 0) is 30.5 Å². The van der Waals surface area contributed by atoms with Crippen LogP contribution in [0.15, 0.2) is 40.9 Å². The molecule has 0 spiro atoms. The van der Waals surface area contributed by atoms with Crippen LogP contribution in [-0.2, 0) is 11.3 Å². The van der Waals surface area contributed by atoms with E-state index in [9.17, 15) is 0 Å². The number of rotatable bonds is 5. The molecular formula is C17H24ClN3O. The van der Waals surface area contributed by atoms with Gasteiger partial charge in [0.1, 0.15) is 0 Å². The predicted octanol–water partition coefficient (Wildman–Crippen LogP) is 3.08. The Morgan fingerprint density at radius 2 is 2.14 bits per heavy atom. The Balaban J connectivity index is 1.80. The third kappa shape index (κ3) is 5.35. The second-order valence-electron chi connectivity index (χ2n) is 5.39. The lowest BCUT2D eigenvalue weighted by Crippen LogP contribution is -2.39. The minimum Gasteiger partial charge on any atom is -0.377 e. The summed E-state index contributed by atoms with van der Waals surface area (Å²) in [6.45, 7) is 3.29. The van der Waals surface area contributed by atoms with E-state index < -0.39 is 0 Å². The molecule has 1 aromatic rings. The van der Waals surface area contributed by atoms with Gasteiger partial charge in [-0.2, -0.15) is 0 Å². The Bertz CT molecular complexity index is 525. The Kier molecular flexibility index (Phi) is 6.74. The molecule has 0 saturated carbocycles. The lowest BCUT2D eigenvalue weighted by molar-refractivity contribution is 0.153. The Morgan fingerprint density at radius 3 is 2.77 bits per heavy atom. The quantitative estimate of drug-likeness (QED) is 0.514. The molecule has 120 valence electrons. The molecule has 5 heteroatoms. The van der Waals surface area contributed by atoms with E-state index in [0.29, 0.717) is 0 Å². The Labute approximate surface area is 137 Å². The first-order valence-electron chi connectivity index (χ1n) is 7.61. The number of guanidine groups is 1. The fraction of sp³-hybridized carbons (Fsp3) is 0.471. The number of hydrogen-bond donors (Lipinski definition) is 1. The molecule has 1 aromatic carbocycles. The zero-order valence-electron chi connectivity index (χ0n) is 13.3. The van der Waals surface area contributed by atoms with Gasteiger partial charge in [-0.15, -0.1) is 0 Å². The number of hydrogen-bond acceptors (Lipinski definition) is 2. The van der Waals surface area contributed by atoms with Gasteiger partial charge in [0.2, 0.25) is 0 Å². The summed E-state index contributed by atoms with van der Waals surface area (Å²) in [5, 5.41) is 4.18. The number of benzene rings is 1. The van der Waals surface area contributed by atoms with Gasteiger partial charge in [0.05, 0.1) is 13.2 Å². The van der Waals surface area contributed by atoms with Gasteiger partial charge in [0.25, 0.3) is 0 Å². The molecule has 0 unspecified atom stereocenters. The van der Waals surface area contributed by atoms with Crippen molar-refractivity contribution >= 4 is 17.6 Å². The molecule has 22 heavy (non-hydrogen) atoms. The highest BCUT2D eigenvalue weighted by Crippen LogP contribution is 2.12. The minimum atomic E-state index is 0.751. The summed E-state index contributed by atoms with van der Waals surface area (Å²) in [7, 11) is 3.85. The smallest absolute Gasteiger partial charge is 0.193 e. The second kappa shape index (κ2) is 8.81. The number of nitrogens with one attached hydrogen (secondary N) is 1. The van der Waals surface area contributed by atoms with Crippen molar-refractivity contribution in [2.75, 3.05) is 33.9 Å². The molecule has 4 nitrogen and oxygen atoms in total. The van der Waals surface area contributed by atoms with E-state index in [2.05, 4.69) is 21.3 Å². The summed E-state index contributed by atoms with van der Waals surface area (Å²) < 4.78 is 5.32. The highest BCUT2D eigenvalue weighted by Gasteiger charge is 2.08. The maximum Gasteiger partial charge on any atom is 0.193 e. The maximum atomic E-state index is 5.92. The molecule has 0 radical (unpaired) electrons. The zero-order chi connectivity index (χ0) is 15.8. The summed E-state index contributed by atoms with van der Waals surface area (Å²) >= 11 is 5.92. The molecule has 0 bridgehead atoms. The van der Waals surface area contributed by atoms with E-state index in [1.165, 1.54) is 11.1 Å². The molecule has 1 heterocycles. The molecule has 1 aliphatic rings. The third-order valence-electron chi connectivity index (χ3n) is 3.69. The number of halogens is 1. The monoisotopic (exact) mass is 321 g/mol. The van der Waals surface area contributed by atoms with E-state index in [1.807, 2.05) is 38.4 Å². The fourth-order valence-electron chi connectivity index (χ4n) is 2.45. The number of aliphatic imine (C=N–C) groups is 1. The number of nitrogens with zero attached hydrogens (tertiary/aromatic N) is 2. The van der Waals surface area contributed by atoms with Crippen molar-refractivity contribution in [1.29, 1.82) is 0 Å². The molecule has 0 amide bonds. The average molecular weight is 322 g/mol. The van der Waals surface area contributed by atoms with Crippen LogP contribution in [0, 0.1) is 0 Å². The third-order valence-corrected chi connectivity index (χ3v) is 3.94.